The van der Waals surface area contributed by atoms with Crippen LogP contribution in [0.1, 0.15) is 10.4 Å². The number of nitrogens with zero attached hydrogens (tertiary/aromatic N) is 1. The van der Waals surface area contributed by atoms with Gasteiger partial charge in [0.15, 0.2) is 6.61 Å². The summed E-state index contributed by atoms with van der Waals surface area (Å²) in [5.74, 6) is -0.691. The van der Waals surface area contributed by atoms with E-state index in [0.29, 0.717) is 11.4 Å². The Morgan fingerprint density at radius 3 is 2.72 bits per heavy atom. The van der Waals surface area contributed by atoms with Crippen molar-refractivity contribution in [3.8, 4) is 0 Å². The molecule has 0 aliphatic carbocycles. The maximum atomic E-state index is 12.2. The molecule has 3 rings (SSSR count). The van der Waals surface area contributed by atoms with Crippen LogP contribution in [0.25, 0.3) is 0 Å². The van der Waals surface area contributed by atoms with Crippen molar-refractivity contribution in [3.05, 3.63) is 54.1 Å². The van der Waals surface area contributed by atoms with Gasteiger partial charge in [-0.2, -0.15) is 0 Å². The molecule has 6 nitrogen and oxygen atoms in total. The Morgan fingerprint density at radius 2 is 1.96 bits per heavy atom. The molecule has 0 bridgehead atoms. The number of likely N-dealkylation sites (N-methyl/N-ethyl adjacent to an activating group) is 1. The minimum absolute atomic E-state index is 0.109. The maximum Gasteiger partial charge on any atom is 0.338 e. The average Bonchev–Trinajstić information content (AvgIpc) is 2.65. The van der Waals surface area contributed by atoms with Gasteiger partial charge in [-0.1, -0.05) is 18.2 Å². The van der Waals surface area contributed by atoms with E-state index in [2.05, 4.69) is 5.32 Å². The number of hydrogen-bond donors (Lipinski definition) is 1. The smallest absolute Gasteiger partial charge is 0.338 e. The van der Waals surface area contributed by atoms with Crippen LogP contribution >= 0.6 is 11.8 Å². The minimum atomic E-state index is -0.609. The van der Waals surface area contributed by atoms with Gasteiger partial charge >= 0.3 is 5.97 Å². The molecule has 0 saturated carbocycles. The van der Waals surface area contributed by atoms with E-state index in [1.807, 2.05) is 18.2 Å². The van der Waals surface area contributed by atoms with Crippen LogP contribution in [0.2, 0.25) is 0 Å². The topological polar surface area (TPSA) is 75.7 Å². The molecule has 0 atom stereocenters. The first-order chi connectivity index (χ1) is 12.0. The molecule has 0 aromatic heterocycles. The highest BCUT2D eigenvalue weighted by molar-refractivity contribution is 8.00. The number of nitrogens with one attached hydrogen (secondary N) is 1. The number of fused-ring (bicyclic) bond motifs is 1. The summed E-state index contributed by atoms with van der Waals surface area (Å²) < 4.78 is 5.10. The van der Waals surface area contributed by atoms with Gasteiger partial charge in [0, 0.05) is 17.6 Å². The number of carbonyl (C=O) groups is 3. The predicted octanol–water partition coefficient (Wildman–Crippen LogP) is 2.55. The second kappa shape index (κ2) is 7.40. The Morgan fingerprint density at radius 1 is 1.20 bits per heavy atom. The van der Waals surface area contributed by atoms with Crippen molar-refractivity contribution >= 4 is 40.9 Å². The monoisotopic (exact) mass is 356 g/mol. The number of rotatable bonds is 4. The summed E-state index contributed by atoms with van der Waals surface area (Å²) in [6.45, 7) is -0.359. The summed E-state index contributed by atoms with van der Waals surface area (Å²) in [4.78, 5) is 38.1. The molecular formula is C18H16N2O4S. The Balaban J connectivity index is 1.62. The second-order valence-corrected chi connectivity index (χ2v) is 6.43. The molecule has 0 fully saturated rings. The predicted molar refractivity (Wildman–Crippen MR) is 95.9 cm³/mol. The van der Waals surface area contributed by atoms with Crippen molar-refractivity contribution in [2.45, 2.75) is 4.90 Å². The molecular weight excluding hydrogens is 340 g/mol. The van der Waals surface area contributed by atoms with Crippen molar-refractivity contribution in [2.24, 2.45) is 0 Å². The van der Waals surface area contributed by atoms with E-state index in [1.54, 1.807) is 37.4 Å². The molecule has 2 amide bonds. The van der Waals surface area contributed by atoms with Crippen LogP contribution < -0.4 is 10.2 Å². The fourth-order valence-electron chi connectivity index (χ4n) is 2.31. The number of benzene rings is 2. The number of para-hydroxylation sites is 1. The third-order valence-corrected chi connectivity index (χ3v) is 4.77. The number of carbonyl (C=O) groups excluding carboxylic acids is 3. The highest BCUT2D eigenvalue weighted by Crippen LogP contribution is 2.32. The molecule has 1 heterocycles. The first-order valence-electron chi connectivity index (χ1n) is 7.60. The van der Waals surface area contributed by atoms with Crippen LogP contribution in [-0.2, 0) is 14.3 Å². The lowest BCUT2D eigenvalue weighted by atomic mass is 10.2. The summed E-state index contributed by atoms with van der Waals surface area (Å²) in [6.07, 6.45) is 0. The zero-order valence-corrected chi connectivity index (χ0v) is 14.3. The Kier molecular flexibility index (Phi) is 5.04. The second-order valence-electron chi connectivity index (χ2n) is 5.41. The largest absolute Gasteiger partial charge is 0.452 e. The normalized spacial score (nSPS) is 12.8. The van der Waals surface area contributed by atoms with E-state index in [0.717, 1.165) is 10.6 Å². The van der Waals surface area contributed by atoms with Crippen LogP contribution in [0.15, 0.2) is 53.4 Å². The van der Waals surface area contributed by atoms with Gasteiger partial charge in [-0.3, -0.25) is 9.59 Å². The maximum absolute atomic E-state index is 12.2. The molecule has 25 heavy (non-hydrogen) atoms. The van der Waals surface area contributed by atoms with Gasteiger partial charge < -0.3 is 15.0 Å². The minimum Gasteiger partial charge on any atom is -0.452 e. The standard InChI is InChI=1S/C18H16N2O4S/c1-20(13-5-3-2-4-6-13)17(22)10-24-18(23)12-7-8-15-14(9-12)19-16(21)11-25-15/h2-9H,10-11H2,1H3,(H,19,21). The Hall–Kier alpha value is -2.80. The van der Waals surface area contributed by atoms with Crippen LogP contribution in [0.5, 0.6) is 0 Å². The molecule has 1 aliphatic rings. The highest BCUT2D eigenvalue weighted by atomic mass is 32.2. The van der Waals surface area contributed by atoms with Crippen molar-refractivity contribution < 1.29 is 19.1 Å². The van der Waals surface area contributed by atoms with Crippen molar-refractivity contribution in [2.75, 3.05) is 29.6 Å². The van der Waals surface area contributed by atoms with Gasteiger partial charge in [0.25, 0.3) is 5.91 Å². The summed E-state index contributed by atoms with van der Waals surface area (Å²) in [5, 5.41) is 2.72. The highest BCUT2D eigenvalue weighted by Gasteiger charge is 2.19. The van der Waals surface area contributed by atoms with E-state index in [4.69, 9.17) is 4.74 Å². The third kappa shape index (κ3) is 4.00. The van der Waals surface area contributed by atoms with Crippen LogP contribution in [0.4, 0.5) is 11.4 Å². The fraction of sp³-hybridized carbons (Fsp3) is 0.167. The number of ether oxygens (including phenoxy) is 1. The average molecular weight is 356 g/mol. The molecule has 0 radical (unpaired) electrons. The van der Waals surface area contributed by atoms with Crippen LogP contribution in [-0.4, -0.2) is 37.2 Å². The van der Waals surface area contributed by atoms with Crippen molar-refractivity contribution in [1.82, 2.24) is 0 Å². The van der Waals surface area contributed by atoms with Crippen LogP contribution in [0.3, 0.4) is 0 Å². The van der Waals surface area contributed by atoms with Gasteiger partial charge in [0.05, 0.1) is 17.0 Å². The number of hydrogen-bond acceptors (Lipinski definition) is 5. The molecule has 1 N–H and O–H groups in total. The SMILES string of the molecule is CN(C(=O)COC(=O)c1ccc2c(c1)NC(=O)CS2)c1ccccc1. The summed E-state index contributed by atoms with van der Waals surface area (Å²) in [6, 6.07) is 14.0. The molecule has 0 unspecified atom stereocenters. The first-order valence-corrected chi connectivity index (χ1v) is 8.58. The Labute approximate surface area is 149 Å². The van der Waals surface area contributed by atoms with E-state index >= 15 is 0 Å². The molecule has 2 aromatic rings. The summed E-state index contributed by atoms with van der Waals surface area (Å²) >= 11 is 1.41. The molecule has 7 heteroatoms. The van der Waals surface area contributed by atoms with E-state index in [-0.39, 0.29) is 24.0 Å². The molecule has 1 aliphatic heterocycles. The van der Waals surface area contributed by atoms with E-state index < -0.39 is 5.97 Å². The Bertz CT molecular complexity index is 823. The van der Waals surface area contributed by atoms with Crippen molar-refractivity contribution in [1.29, 1.82) is 0 Å². The van der Waals surface area contributed by atoms with Crippen LogP contribution in [0, 0.1) is 0 Å². The molecule has 0 saturated heterocycles. The zero-order chi connectivity index (χ0) is 17.8. The zero-order valence-electron chi connectivity index (χ0n) is 13.5. The molecule has 128 valence electrons. The quantitative estimate of drug-likeness (QED) is 0.852. The van der Waals surface area contributed by atoms with Gasteiger partial charge in [0.2, 0.25) is 5.91 Å². The van der Waals surface area contributed by atoms with Gasteiger partial charge in [0.1, 0.15) is 0 Å². The van der Waals surface area contributed by atoms with Crippen molar-refractivity contribution in [3.63, 3.8) is 0 Å². The number of esters is 1. The fourth-order valence-corrected chi connectivity index (χ4v) is 3.10. The summed E-state index contributed by atoms with van der Waals surface area (Å²) in [5.41, 5.74) is 1.59. The first kappa shape index (κ1) is 17.0. The number of anilines is 2. The van der Waals surface area contributed by atoms with Gasteiger partial charge in [-0.15, -0.1) is 11.8 Å². The molecule has 2 aromatic carbocycles. The summed E-state index contributed by atoms with van der Waals surface area (Å²) in [7, 11) is 1.62. The lowest BCUT2D eigenvalue weighted by molar-refractivity contribution is -0.121. The van der Waals surface area contributed by atoms with Gasteiger partial charge in [-0.25, -0.2) is 4.79 Å². The lowest BCUT2D eigenvalue weighted by Gasteiger charge is -2.18. The van der Waals surface area contributed by atoms with E-state index in [1.165, 1.54) is 16.7 Å². The third-order valence-electron chi connectivity index (χ3n) is 3.69. The molecule has 0 spiro atoms. The van der Waals surface area contributed by atoms with E-state index in [9.17, 15) is 14.4 Å². The number of amides is 2. The lowest BCUT2D eigenvalue weighted by Crippen LogP contribution is -2.31. The number of thioether (sulfide) groups is 1. The van der Waals surface area contributed by atoms with Gasteiger partial charge in [-0.05, 0) is 30.3 Å².